The summed E-state index contributed by atoms with van der Waals surface area (Å²) in [5, 5.41) is 0. The van der Waals surface area contributed by atoms with Gasteiger partial charge in [0.05, 0.1) is 0 Å². The summed E-state index contributed by atoms with van der Waals surface area (Å²) in [4.78, 5) is 38.3. The summed E-state index contributed by atoms with van der Waals surface area (Å²) in [6.45, 7) is 6.34. The summed E-state index contributed by atoms with van der Waals surface area (Å²) in [6.07, 6.45) is 95.3. The topological polar surface area (TPSA) is 78.9 Å². The van der Waals surface area contributed by atoms with Gasteiger partial charge >= 0.3 is 17.9 Å². The maximum Gasteiger partial charge on any atom is 0.306 e. The zero-order valence-electron chi connectivity index (χ0n) is 50.8. The number of hydrogen-bond donors (Lipinski definition) is 0. The van der Waals surface area contributed by atoms with Gasteiger partial charge in [-0.1, -0.05) is 256 Å². The summed E-state index contributed by atoms with van der Waals surface area (Å²) >= 11 is 0. The van der Waals surface area contributed by atoms with Crippen LogP contribution >= 0.6 is 0 Å². The normalized spacial score (nSPS) is 13.2. The van der Waals surface area contributed by atoms with Crippen molar-refractivity contribution in [3.05, 3.63) is 158 Å². The Hall–Kier alpha value is -4.97. The summed E-state index contributed by atoms with van der Waals surface area (Å²) in [6, 6.07) is 0. The fourth-order valence-electron chi connectivity index (χ4n) is 8.27. The first-order chi connectivity index (χ1) is 39.0. The first-order valence-electron chi connectivity index (χ1n) is 32.0. The Morgan fingerprint density at radius 1 is 0.266 bits per heavy atom. The number of ether oxygens (including phenoxy) is 3. The van der Waals surface area contributed by atoms with Crippen LogP contribution < -0.4 is 0 Å². The molecular weight excluding hydrogens is 973 g/mol. The smallest absolute Gasteiger partial charge is 0.306 e. The third kappa shape index (κ3) is 63.7. The molecule has 0 heterocycles. The Morgan fingerprint density at radius 3 is 0.810 bits per heavy atom. The largest absolute Gasteiger partial charge is 0.462 e. The van der Waals surface area contributed by atoms with Crippen molar-refractivity contribution in [1.82, 2.24) is 0 Å². The second-order valence-corrected chi connectivity index (χ2v) is 20.5. The van der Waals surface area contributed by atoms with Crippen molar-refractivity contribution in [2.45, 2.75) is 271 Å². The Morgan fingerprint density at radius 2 is 0.494 bits per heavy atom. The number of unbranched alkanes of at least 4 members (excludes halogenated alkanes) is 19. The van der Waals surface area contributed by atoms with Gasteiger partial charge in [-0.3, -0.25) is 14.4 Å². The third-order valence-electron chi connectivity index (χ3n) is 13.0. The van der Waals surface area contributed by atoms with Crippen LogP contribution in [0, 0.1) is 0 Å². The number of carbonyl (C=O) groups excluding carboxylic acids is 3. The lowest BCUT2D eigenvalue weighted by Gasteiger charge is -2.18. The highest BCUT2D eigenvalue weighted by atomic mass is 16.6. The first kappa shape index (κ1) is 74.0. The van der Waals surface area contributed by atoms with Gasteiger partial charge in [0, 0.05) is 19.3 Å². The monoisotopic (exact) mass is 1090 g/mol. The molecule has 0 aromatic rings. The highest BCUT2D eigenvalue weighted by Crippen LogP contribution is 2.14. The lowest BCUT2D eigenvalue weighted by Crippen LogP contribution is -2.30. The molecule has 1 unspecified atom stereocenters. The minimum absolute atomic E-state index is 0.113. The fraction of sp³-hybridized carbons (Fsp3) is 0.603. The molecule has 0 saturated carbocycles. The van der Waals surface area contributed by atoms with Crippen molar-refractivity contribution in [3.8, 4) is 0 Å². The number of rotatable bonds is 56. The van der Waals surface area contributed by atoms with Crippen LogP contribution in [0.15, 0.2) is 158 Å². The van der Waals surface area contributed by atoms with Gasteiger partial charge < -0.3 is 14.2 Å². The van der Waals surface area contributed by atoms with Crippen molar-refractivity contribution in [2.75, 3.05) is 13.2 Å². The molecule has 79 heavy (non-hydrogen) atoms. The van der Waals surface area contributed by atoms with Gasteiger partial charge in [-0.05, 0) is 148 Å². The molecule has 0 rings (SSSR count). The van der Waals surface area contributed by atoms with Crippen molar-refractivity contribution in [2.24, 2.45) is 0 Å². The average molecular weight is 1090 g/mol. The van der Waals surface area contributed by atoms with Gasteiger partial charge in [-0.2, -0.15) is 0 Å². The van der Waals surface area contributed by atoms with E-state index >= 15 is 0 Å². The van der Waals surface area contributed by atoms with E-state index in [0.29, 0.717) is 25.7 Å². The Bertz CT molecular complexity index is 1780. The van der Waals surface area contributed by atoms with Crippen molar-refractivity contribution < 1.29 is 28.6 Å². The van der Waals surface area contributed by atoms with Crippen molar-refractivity contribution in [1.29, 1.82) is 0 Å². The number of hydrogen-bond acceptors (Lipinski definition) is 6. The quantitative estimate of drug-likeness (QED) is 0.0261. The van der Waals surface area contributed by atoms with Crippen LogP contribution in [-0.2, 0) is 28.6 Å². The van der Waals surface area contributed by atoms with E-state index in [2.05, 4.69) is 179 Å². The predicted octanol–water partition coefficient (Wildman–Crippen LogP) is 22.1. The number of esters is 3. The predicted molar refractivity (Wildman–Crippen MR) is 343 cm³/mol. The van der Waals surface area contributed by atoms with Crippen LogP contribution in [0.1, 0.15) is 265 Å². The van der Waals surface area contributed by atoms with E-state index in [1.165, 1.54) is 77.0 Å². The SMILES string of the molecule is CC/C=C\C/C=C\C/C=C\C/C=C\C/C=C\C/C=C\C/C=C\C/C=C\CCCCCCC(=O)OCC(COC(=O)CCCC/C=C\C/C=C\C/C=C\C/C=C\CC)OC(=O)CCCCCCCCC/C=C\CCCCCCCC. The van der Waals surface area contributed by atoms with Crippen molar-refractivity contribution in [3.63, 3.8) is 0 Å². The van der Waals surface area contributed by atoms with E-state index < -0.39 is 6.10 Å². The molecular formula is C73H116O6. The van der Waals surface area contributed by atoms with E-state index in [0.717, 1.165) is 141 Å². The molecule has 6 nitrogen and oxygen atoms in total. The van der Waals surface area contributed by atoms with E-state index in [-0.39, 0.29) is 31.1 Å². The third-order valence-corrected chi connectivity index (χ3v) is 13.0. The minimum atomic E-state index is -0.817. The van der Waals surface area contributed by atoms with Crippen LogP contribution in [-0.4, -0.2) is 37.2 Å². The molecule has 0 fully saturated rings. The summed E-state index contributed by atoms with van der Waals surface area (Å²) in [5.74, 6) is -0.984. The van der Waals surface area contributed by atoms with E-state index in [1.807, 2.05) is 0 Å². The highest BCUT2D eigenvalue weighted by Gasteiger charge is 2.19. The zero-order valence-corrected chi connectivity index (χ0v) is 50.8. The number of carbonyl (C=O) groups is 3. The van der Waals surface area contributed by atoms with Crippen LogP contribution in [0.2, 0.25) is 0 Å². The van der Waals surface area contributed by atoms with Gasteiger partial charge in [0.15, 0.2) is 6.10 Å². The maximum absolute atomic E-state index is 12.9. The Kier molecular flexibility index (Phi) is 61.4. The first-order valence-corrected chi connectivity index (χ1v) is 32.0. The molecule has 0 saturated heterocycles. The molecule has 0 aromatic heterocycles. The highest BCUT2D eigenvalue weighted by molar-refractivity contribution is 5.71. The molecule has 0 radical (unpaired) electrons. The average Bonchev–Trinajstić information content (AvgIpc) is 3.45. The van der Waals surface area contributed by atoms with Crippen LogP contribution in [0.3, 0.4) is 0 Å². The Labute approximate surface area is 486 Å². The second kappa shape index (κ2) is 65.5. The van der Waals surface area contributed by atoms with Gasteiger partial charge in [0.1, 0.15) is 13.2 Å². The zero-order chi connectivity index (χ0) is 57.1. The van der Waals surface area contributed by atoms with Crippen molar-refractivity contribution >= 4 is 17.9 Å². The molecule has 0 bridgehead atoms. The molecule has 0 aliphatic rings. The van der Waals surface area contributed by atoms with Crippen LogP contribution in [0.4, 0.5) is 0 Å². The fourth-order valence-corrected chi connectivity index (χ4v) is 8.27. The Balaban J connectivity index is 4.46. The van der Waals surface area contributed by atoms with Gasteiger partial charge in [-0.15, -0.1) is 0 Å². The lowest BCUT2D eigenvalue weighted by molar-refractivity contribution is -0.167. The summed E-state index contributed by atoms with van der Waals surface area (Å²) in [7, 11) is 0. The lowest BCUT2D eigenvalue weighted by atomic mass is 10.1. The summed E-state index contributed by atoms with van der Waals surface area (Å²) in [5.41, 5.74) is 0. The maximum atomic E-state index is 12.9. The van der Waals surface area contributed by atoms with Gasteiger partial charge in [-0.25, -0.2) is 0 Å². The number of allylic oxidation sites excluding steroid dienone is 26. The molecule has 0 amide bonds. The van der Waals surface area contributed by atoms with E-state index in [1.54, 1.807) is 0 Å². The van der Waals surface area contributed by atoms with E-state index in [4.69, 9.17) is 14.2 Å². The van der Waals surface area contributed by atoms with Crippen LogP contribution in [0.5, 0.6) is 0 Å². The molecule has 0 aliphatic heterocycles. The van der Waals surface area contributed by atoms with E-state index in [9.17, 15) is 14.4 Å². The van der Waals surface area contributed by atoms with Crippen LogP contribution in [0.25, 0.3) is 0 Å². The molecule has 0 aliphatic carbocycles. The van der Waals surface area contributed by atoms with Gasteiger partial charge in [0.2, 0.25) is 0 Å². The molecule has 0 aromatic carbocycles. The molecule has 0 spiro atoms. The summed E-state index contributed by atoms with van der Waals surface area (Å²) < 4.78 is 16.9. The second-order valence-electron chi connectivity index (χ2n) is 20.5. The molecule has 6 heteroatoms. The molecule has 1 atom stereocenters. The standard InChI is InChI=1S/C73H116O6/c1-4-7-10-13-16-19-22-25-28-30-31-32-33-34-35-36-37-38-39-40-41-43-45-48-51-54-57-60-63-66-72(75)78-69-70(68-77-71(74)65-62-59-56-53-50-47-44-27-24-21-18-15-12-9-6-3)79-73(76)67-64-61-58-55-52-49-46-42-29-26-23-20-17-14-11-8-5-2/h7,9-10,12,16,18-19,21,25-29,31-32,34-35,37-38,40-41,44-45,48,50,53,70H,4-6,8,11,13-15,17,20,22-24,30,33,36,39,42-43,46-47,49,51-52,54-69H2,1-3H3/b10-7-,12-9-,19-16-,21-18-,28-25-,29-26-,32-31-,35-34-,38-37-,41-40-,44-27-,48-45-,53-50-. The van der Waals surface area contributed by atoms with Gasteiger partial charge in [0.25, 0.3) is 0 Å². The molecule has 444 valence electrons. The molecule has 0 N–H and O–H groups in total. The minimum Gasteiger partial charge on any atom is -0.462 e.